The average Bonchev–Trinajstić information content (AvgIpc) is 3.29. The van der Waals surface area contributed by atoms with Gasteiger partial charge in [-0.05, 0) is 48.9 Å². The van der Waals surface area contributed by atoms with Gasteiger partial charge in [-0.15, -0.1) is 0 Å². The van der Waals surface area contributed by atoms with Crippen LogP contribution in [0.5, 0.6) is 0 Å². The molecule has 4 rings (SSSR count). The lowest BCUT2D eigenvalue weighted by molar-refractivity contribution is 0.102. The molecule has 0 radical (unpaired) electrons. The summed E-state index contributed by atoms with van der Waals surface area (Å²) in [4.78, 5) is 29.6. The molecule has 31 heavy (non-hydrogen) atoms. The number of hydrogen-bond donors (Lipinski definition) is 2. The topological polar surface area (TPSA) is 77.8 Å². The van der Waals surface area contributed by atoms with Crippen molar-refractivity contribution in [1.29, 1.82) is 0 Å². The summed E-state index contributed by atoms with van der Waals surface area (Å²) < 4.78 is 5.40. The van der Waals surface area contributed by atoms with Gasteiger partial charge in [-0.2, -0.15) is 0 Å². The summed E-state index contributed by atoms with van der Waals surface area (Å²) in [5.41, 5.74) is 2.64. The fraction of sp³-hybridized carbons (Fsp3) is 0.250. The molecule has 160 valence electrons. The zero-order valence-corrected chi connectivity index (χ0v) is 17.5. The number of benzene rings is 2. The van der Waals surface area contributed by atoms with Crippen molar-refractivity contribution in [2.24, 2.45) is 0 Å². The molecule has 2 N–H and O–H groups in total. The normalized spacial score (nSPS) is 14.3. The van der Waals surface area contributed by atoms with E-state index in [1.807, 2.05) is 55.5 Å². The van der Waals surface area contributed by atoms with E-state index in [2.05, 4.69) is 15.5 Å². The smallest absolute Gasteiger partial charge is 0.321 e. The Morgan fingerprint density at radius 1 is 0.903 bits per heavy atom. The van der Waals surface area contributed by atoms with Crippen molar-refractivity contribution in [2.75, 3.05) is 36.8 Å². The van der Waals surface area contributed by atoms with Crippen molar-refractivity contribution in [3.8, 4) is 0 Å². The van der Waals surface area contributed by atoms with E-state index in [1.54, 1.807) is 23.3 Å². The first-order valence-corrected chi connectivity index (χ1v) is 10.4. The van der Waals surface area contributed by atoms with Gasteiger partial charge in [0, 0.05) is 43.1 Å². The van der Waals surface area contributed by atoms with Crippen molar-refractivity contribution in [1.82, 2.24) is 9.80 Å². The second kappa shape index (κ2) is 9.49. The first kappa shape index (κ1) is 20.7. The van der Waals surface area contributed by atoms with Crippen LogP contribution in [0.25, 0.3) is 0 Å². The fourth-order valence-electron chi connectivity index (χ4n) is 3.66. The predicted molar refractivity (Wildman–Crippen MR) is 120 cm³/mol. The fourth-order valence-corrected chi connectivity index (χ4v) is 3.66. The standard InChI is InChI=1S/C24H26N4O3/c1-18-21(23(29)25-19-7-3-2-4-8-19)10-5-11-22(18)26-24(30)28-14-12-27(13-15-28)17-20-9-6-16-31-20/h2-11,16H,12-15,17H2,1H3,(H,25,29)(H,26,30). The van der Waals surface area contributed by atoms with Crippen LogP contribution in [0.4, 0.5) is 16.2 Å². The van der Waals surface area contributed by atoms with Crippen LogP contribution >= 0.6 is 0 Å². The highest BCUT2D eigenvalue weighted by Gasteiger charge is 2.22. The van der Waals surface area contributed by atoms with E-state index in [0.29, 0.717) is 24.3 Å². The van der Waals surface area contributed by atoms with Crippen molar-refractivity contribution in [3.63, 3.8) is 0 Å². The Bertz CT molecular complexity index is 1030. The summed E-state index contributed by atoms with van der Waals surface area (Å²) in [5.74, 6) is 0.727. The van der Waals surface area contributed by atoms with Gasteiger partial charge in [0.1, 0.15) is 5.76 Å². The van der Waals surface area contributed by atoms with E-state index in [1.165, 1.54) is 0 Å². The number of carbonyl (C=O) groups excluding carboxylic acids is 2. The van der Waals surface area contributed by atoms with Gasteiger partial charge < -0.3 is 20.0 Å². The number of piperazine rings is 1. The van der Waals surface area contributed by atoms with Crippen molar-refractivity contribution >= 4 is 23.3 Å². The Kier molecular flexibility index (Phi) is 6.33. The number of anilines is 2. The maximum atomic E-state index is 12.8. The quantitative estimate of drug-likeness (QED) is 0.651. The minimum atomic E-state index is -0.202. The zero-order valence-electron chi connectivity index (χ0n) is 17.5. The third-order valence-electron chi connectivity index (χ3n) is 5.47. The molecule has 0 spiro atoms. The highest BCUT2D eigenvalue weighted by atomic mass is 16.3. The summed E-state index contributed by atoms with van der Waals surface area (Å²) in [7, 11) is 0. The zero-order chi connectivity index (χ0) is 21.6. The molecule has 1 fully saturated rings. The number of nitrogens with one attached hydrogen (secondary N) is 2. The predicted octanol–water partition coefficient (Wildman–Crippen LogP) is 4.19. The van der Waals surface area contributed by atoms with Crippen molar-refractivity contribution in [3.05, 3.63) is 83.8 Å². The van der Waals surface area contributed by atoms with Crippen LogP contribution in [-0.2, 0) is 6.54 Å². The molecule has 1 aliphatic rings. The van der Waals surface area contributed by atoms with E-state index in [-0.39, 0.29) is 11.9 Å². The number of amides is 3. The number of hydrogen-bond acceptors (Lipinski definition) is 4. The molecular weight excluding hydrogens is 392 g/mol. The van der Waals surface area contributed by atoms with E-state index in [0.717, 1.165) is 36.6 Å². The largest absolute Gasteiger partial charge is 0.468 e. The van der Waals surface area contributed by atoms with Crippen LogP contribution in [0.2, 0.25) is 0 Å². The Hall–Kier alpha value is -3.58. The number of urea groups is 1. The SMILES string of the molecule is Cc1c(NC(=O)N2CCN(Cc3ccco3)CC2)cccc1C(=O)Nc1ccccc1. The highest BCUT2D eigenvalue weighted by molar-refractivity contribution is 6.06. The van der Waals surface area contributed by atoms with Gasteiger partial charge in [0.25, 0.3) is 5.91 Å². The Morgan fingerprint density at radius 2 is 1.68 bits per heavy atom. The lowest BCUT2D eigenvalue weighted by Gasteiger charge is -2.34. The molecule has 3 amide bonds. The second-order valence-electron chi connectivity index (χ2n) is 7.57. The van der Waals surface area contributed by atoms with Crippen LogP contribution in [-0.4, -0.2) is 47.9 Å². The molecule has 1 aromatic heterocycles. The third-order valence-corrected chi connectivity index (χ3v) is 5.47. The van der Waals surface area contributed by atoms with Crippen LogP contribution in [0.1, 0.15) is 21.7 Å². The van der Waals surface area contributed by atoms with Crippen LogP contribution < -0.4 is 10.6 Å². The molecule has 2 aromatic carbocycles. The van der Waals surface area contributed by atoms with Crippen molar-refractivity contribution in [2.45, 2.75) is 13.5 Å². The molecule has 0 unspecified atom stereocenters. The van der Waals surface area contributed by atoms with Gasteiger partial charge in [-0.1, -0.05) is 24.3 Å². The minimum Gasteiger partial charge on any atom is -0.468 e. The second-order valence-corrected chi connectivity index (χ2v) is 7.57. The molecular formula is C24H26N4O3. The molecule has 0 atom stereocenters. The average molecular weight is 418 g/mol. The summed E-state index contributed by atoms with van der Waals surface area (Å²) >= 11 is 0. The van der Waals surface area contributed by atoms with Gasteiger partial charge in [-0.3, -0.25) is 9.69 Å². The Balaban J connectivity index is 1.35. The molecule has 7 nitrogen and oxygen atoms in total. The number of rotatable bonds is 5. The molecule has 0 saturated carbocycles. The van der Waals surface area contributed by atoms with Crippen LogP contribution in [0.15, 0.2) is 71.3 Å². The van der Waals surface area contributed by atoms with Crippen LogP contribution in [0, 0.1) is 6.92 Å². The summed E-state index contributed by atoms with van der Waals surface area (Å²) in [6, 6.07) is 18.4. The molecule has 1 aliphatic heterocycles. The van der Waals surface area contributed by atoms with E-state index in [4.69, 9.17) is 4.42 Å². The van der Waals surface area contributed by atoms with E-state index in [9.17, 15) is 9.59 Å². The maximum absolute atomic E-state index is 12.8. The van der Waals surface area contributed by atoms with Gasteiger partial charge in [0.2, 0.25) is 0 Å². The molecule has 2 heterocycles. The van der Waals surface area contributed by atoms with Crippen LogP contribution in [0.3, 0.4) is 0 Å². The van der Waals surface area contributed by atoms with E-state index >= 15 is 0 Å². The summed E-state index contributed by atoms with van der Waals surface area (Å²) in [6.45, 7) is 5.44. The van der Waals surface area contributed by atoms with Gasteiger partial charge in [-0.25, -0.2) is 4.79 Å². The minimum absolute atomic E-state index is 0.152. The monoisotopic (exact) mass is 418 g/mol. The first-order valence-electron chi connectivity index (χ1n) is 10.4. The first-order chi connectivity index (χ1) is 15.1. The third kappa shape index (κ3) is 5.13. The van der Waals surface area contributed by atoms with Gasteiger partial charge >= 0.3 is 6.03 Å². The maximum Gasteiger partial charge on any atom is 0.321 e. The lowest BCUT2D eigenvalue weighted by Crippen LogP contribution is -2.49. The summed E-state index contributed by atoms with van der Waals surface area (Å²) in [5, 5.41) is 5.86. The number of carbonyl (C=O) groups is 2. The molecule has 1 saturated heterocycles. The molecule has 7 heteroatoms. The molecule has 0 bridgehead atoms. The van der Waals surface area contributed by atoms with Gasteiger partial charge in [0.15, 0.2) is 0 Å². The number of furan rings is 1. The lowest BCUT2D eigenvalue weighted by atomic mass is 10.1. The Labute approximate surface area is 181 Å². The van der Waals surface area contributed by atoms with E-state index < -0.39 is 0 Å². The molecule has 3 aromatic rings. The number of para-hydroxylation sites is 1. The summed E-state index contributed by atoms with van der Waals surface area (Å²) in [6.07, 6.45) is 1.68. The highest BCUT2D eigenvalue weighted by Crippen LogP contribution is 2.21. The number of nitrogens with zero attached hydrogens (tertiary/aromatic N) is 2. The van der Waals surface area contributed by atoms with Gasteiger partial charge in [0.05, 0.1) is 12.8 Å². The molecule has 0 aliphatic carbocycles. The Morgan fingerprint density at radius 3 is 2.39 bits per heavy atom. The van der Waals surface area contributed by atoms with Crippen molar-refractivity contribution < 1.29 is 14.0 Å².